The number of ether oxygens (including phenoxy) is 1. The molecule has 150 valence electrons. The van der Waals surface area contributed by atoms with E-state index in [0.717, 1.165) is 16.7 Å². The van der Waals surface area contributed by atoms with Gasteiger partial charge in [-0.1, -0.05) is 35.9 Å². The molecule has 0 atom stereocenters. The van der Waals surface area contributed by atoms with Gasteiger partial charge in [-0.05, 0) is 55.3 Å². The molecule has 0 bridgehead atoms. The van der Waals surface area contributed by atoms with Crippen LogP contribution in [0.15, 0.2) is 59.5 Å². The molecule has 0 radical (unpaired) electrons. The minimum atomic E-state index is -3.74. The summed E-state index contributed by atoms with van der Waals surface area (Å²) in [6.07, 6.45) is 0. The molecule has 0 spiro atoms. The van der Waals surface area contributed by atoms with Crippen molar-refractivity contribution in [2.45, 2.75) is 24.5 Å². The number of esters is 1. The van der Waals surface area contributed by atoms with Crippen molar-refractivity contribution in [2.75, 3.05) is 7.11 Å². The molecule has 1 aromatic heterocycles. The van der Waals surface area contributed by atoms with Crippen LogP contribution in [0.2, 0.25) is 5.02 Å². The van der Waals surface area contributed by atoms with Gasteiger partial charge in [0.25, 0.3) is 0 Å². The first-order chi connectivity index (χ1) is 13.7. The van der Waals surface area contributed by atoms with Gasteiger partial charge in [0.1, 0.15) is 0 Å². The fourth-order valence-electron chi connectivity index (χ4n) is 3.18. The minimum Gasteiger partial charge on any atom is -0.465 e. The quantitative estimate of drug-likeness (QED) is 0.545. The van der Waals surface area contributed by atoms with Crippen molar-refractivity contribution in [2.24, 2.45) is 0 Å². The largest absolute Gasteiger partial charge is 0.465 e. The van der Waals surface area contributed by atoms with Crippen LogP contribution in [0.1, 0.15) is 27.2 Å². The summed E-state index contributed by atoms with van der Waals surface area (Å²) in [4.78, 5) is 16.3. The average molecular weight is 430 g/mol. The molecule has 0 aliphatic heterocycles. The predicted molar refractivity (Wildman–Crippen MR) is 113 cm³/mol. The Bertz CT molecular complexity index is 1170. The van der Waals surface area contributed by atoms with Crippen molar-refractivity contribution in [3.63, 3.8) is 0 Å². The fourth-order valence-corrected chi connectivity index (χ4v) is 4.71. The van der Waals surface area contributed by atoms with Gasteiger partial charge in [-0.3, -0.25) is 4.98 Å². The lowest BCUT2D eigenvalue weighted by atomic mass is 9.99. The second kappa shape index (κ2) is 8.35. The monoisotopic (exact) mass is 429 g/mol. The molecule has 5 nitrogen and oxygen atoms in total. The third kappa shape index (κ3) is 4.66. The molecule has 0 amide bonds. The molecular formula is C22H20ClNO4S. The Kier molecular flexibility index (Phi) is 6.05. The van der Waals surface area contributed by atoms with Gasteiger partial charge in [0.2, 0.25) is 0 Å². The maximum Gasteiger partial charge on any atom is 0.337 e. The number of sulfone groups is 1. The molecule has 0 saturated carbocycles. The number of carbonyl (C=O) groups is 1. The third-order valence-corrected chi connectivity index (χ3v) is 6.40. The van der Waals surface area contributed by atoms with E-state index < -0.39 is 15.8 Å². The van der Waals surface area contributed by atoms with Gasteiger partial charge in [0.15, 0.2) is 9.84 Å². The standard InChI is InChI=1S/C22H20ClNO4S/c1-14-6-4-7-15(2)21(14)20-12-17(23)11-18(24-20)13-29(26,27)19-9-5-8-16(10-19)22(25)28-3/h4-12H,13H2,1-3H3. The maximum absolute atomic E-state index is 12.9. The van der Waals surface area contributed by atoms with E-state index in [4.69, 9.17) is 11.6 Å². The molecule has 0 aliphatic rings. The van der Waals surface area contributed by atoms with Gasteiger partial charge < -0.3 is 4.74 Å². The van der Waals surface area contributed by atoms with Crippen molar-refractivity contribution in [1.29, 1.82) is 0 Å². The average Bonchev–Trinajstić information content (AvgIpc) is 2.66. The first-order valence-corrected chi connectivity index (χ1v) is 10.9. The van der Waals surface area contributed by atoms with Crippen LogP contribution in [0.4, 0.5) is 0 Å². The number of rotatable bonds is 5. The van der Waals surface area contributed by atoms with Crippen LogP contribution in [0, 0.1) is 13.8 Å². The van der Waals surface area contributed by atoms with E-state index in [0.29, 0.717) is 16.4 Å². The molecule has 0 fully saturated rings. The zero-order chi connectivity index (χ0) is 21.2. The summed E-state index contributed by atoms with van der Waals surface area (Å²) >= 11 is 6.27. The lowest BCUT2D eigenvalue weighted by Gasteiger charge is -2.12. The van der Waals surface area contributed by atoms with E-state index in [-0.39, 0.29) is 16.2 Å². The van der Waals surface area contributed by atoms with Crippen LogP contribution in [0.3, 0.4) is 0 Å². The number of hydrogen-bond donors (Lipinski definition) is 0. The van der Waals surface area contributed by atoms with Crippen molar-refractivity contribution < 1.29 is 17.9 Å². The van der Waals surface area contributed by atoms with Gasteiger partial charge in [-0.2, -0.15) is 0 Å². The highest BCUT2D eigenvalue weighted by Gasteiger charge is 2.20. The van der Waals surface area contributed by atoms with Gasteiger partial charge in [0, 0.05) is 10.6 Å². The Labute approximate surface area is 175 Å². The van der Waals surface area contributed by atoms with E-state index in [1.165, 1.54) is 31.4 Å². The van der Waals surface area contributed by atoms with Crippen LogP contribution < -0.4 is 0 Å². The number of benzene rings is 2. The van der Waals surface area contributed by atoms with Crippen LogP contribution in [-0.2, 0) is 20.3 Å². The molecular weight excluding hydrogens is 410 g/mol. The number of aromatic nitrogens is 1. The SMILES string of the molecule is COC(=O)c1cccc(S(=O)(=O)Cc2cc(Cl)cc(-c3c(C)cccc3C)n2)c1. The summed E-state index contributed by atoms with van der Waals surface area (Å²) in [7, 11) is -2.50. The normalized spacial score (nSPS) is 11.3. The molecule has 29 heavy (non-hydrogen) atoms. The number of hydrogen-bond acceptors (Lipinski definition) is 5. The van der Waals surface area contributed by atoms with E-state index in [1.54, 1.807) is 12.1 Å². The fraction of sp³-hybridized carbons (Fsp3) is 0.182. The Morgan fingerprint density at radius 2 is 1.69 bits per heavy atom. The van der Waals surface area contributed by atoms with Crippen molar-refractivity contribution in [3.05, 3.63) is 82.0 Å². The maximum atomic E-state index is 12.9. The van der Waals surface area contributed by atoms with Crippen LogP contribution in [-0.4, -0.2) is 26.5 Å². The van der Waals surface area contributed by atoms with Crippen LogP contribution in [0.5, 0.6) is 0 Å². The Morgan fingerprint density at radius 3 is 2.34 bits per heavy atom. The zero-order valence-corrected chi connectivity index (χ0v) is 17.8. The minimum absolute atomic E-state index is 0.0239. The van der Waals surface area contributed by atoms with Crippen LogP contribution in [0.25, 0.3) is 11.3 Å². The number of carbonyl (C=O) groups excluding carboxylic acids is 1. The van der Waals surface area contributed by atoms with Crippen LogP contribution >= 0.6 is 11.6 Å². The van der Waals surface area contributed by atoms with Gasteiger partial charge >= 0.3 is 5.97 Å². The zero-order valence-electron chi connectivity index (χ0n) is 16.3. The van der Waals surface area contributed by atoms with Crippen molar-refractivity contribution in [1.82, 2.24) is 4.98 Å². The lowest BCUT2D eigenvalue weighted by molar-refractivity contribution is 0.0600. The van der Waals surface area contributed by atoms with Crippen molar-refractivity contribution >= 4 is 27.4 Å². The summed E-state index contributed by atoms with van der Waals surface area (Å²) in [5.41, 5.74) is 4.11. The predicted octanol–water partition coefficient (Wildman–Crippen LogP) is 4.78. The summed E-state index contributed by atoms with van der Waals surface area (Å²) in [6, 6.07) is 14.9. The van der Waals surface area contributed by atoms with Gasteiger partial charge in [0.05, 0.1) is 34.7 Å². The highest BCUT2D eigenvalue weighted by atomic mass is 35.5. The highest BCUT2D eigenvalue weighted by Crippen LogP contribution is 2.29. The Balaban J connectivity index is 2.00. The molecule has 1 heterocycles. The lowest BCUT2D eigenvalue weighted by Crippen LogP contribution is -2.09. The van der Waals surface area contributed by atoms with Gasteiger partial charge in [-0.25, -0.2) is 13.2 Å². The molecule has 2 aromatic carbocycles. The summed E-state index contributed by atoms with van der Waals surface area (Å²) in [5, 5.41) is 0.408. The van der Waals surface area contributed by atoms with E-state index in [1.807, 2.05) is 32.0 Å². The number of halogens is 1. The molecule has 3 rings (SSSR count). The number of pyridine rings is 1. The number of aryl methyl sites for hydroxylation is 2. The molecule has 3 aromatic rings. The Morgan fingerprint density at radius 1 is 1.03 bits per heavy atom. The molecule has 0 saturated heterocycles. The van der Waals surface area contributed by atoms with E-state index >= 15 is 0 Å². The second-order valence-electron chi connectivity index (χ2n) is 6.71. The first-order valence-electron chi connectivity index (χ1n) is 8.85. The Hall–Kier alpha value is -2.70. The number of nitrogens with zero attached hydrogens (tertiary/aromatic N) is 1. The first kappa shape index (κ1) is 21.0. The molecule has 0 unspecified atom stereocenters. The summed E-state index contributed by atoms with van der Waals surface area (Å²) < 4.78 is 30.5. The summed E-state index contributed by atoms with van der Waals surface area (Å²) in [6.45, 7) is 3.94. The third-order valence-electron chi connectivity index (χ3n) is 4.53. The summed E-state index contributed by atoms with van der Waals surface area (Å²) in [5.74, 6) is -0.934. The van der Waals surface area contributed by atoms with Crippen molar-refractivity contribution in [3.8, 4) is 11.3 Å². The molecule has 0 N–H and O–H groups in total. The topological polar surface area (TPSA) is 73.3 Å². The van der Waals surface area contributed by atoms with E-state index in [9.17, 15) is 13.2 Å². The van der Waals surface area contributed by atoms with E-state index in [2.05, 4.69) is 9.72 Å². The second-order valence-corrected chi connectivity index (χ2v) is 9.13. The smallest absolute Gasteiger partial charge is 0.337 e. The highest BCUT2D eigenvalue weighted by molar-refractivity contribution is 7.90. The van der Waals surface area contributed by atoms with Gasteiger partial charge in [-0.15, -0.1) is 0 Å². The molecule has 0 aliphatic carbocycles. The molecule has 7 heteroatoms. The number of methoxy groups -OCH3 is 1.